The number of aliphatic hydroxyl groups is 1. The van der Waals surface area contributed by atoms with E-state index in [0.717, 1.165) is 0 Å². The molecule has 1 amide bonds. The van der Waals surface area contributed by atoms with Crippen molar-refractivity contribution >= 4 is 11.9 Å². The third-order valence-electron chi connectivity index (χ3n) is 4.45. The van der Waals surface area contributed by atoms with Gasteiger partial charge in [-0.05, 0) is 19.3 Å². The summed E-state index contributed by atoms with van der Waals surface area (Å²) in [4.78, 5) is 23.6. The molecule has 0 aromatic rings. The summed E-state index contributed by atoms with van der Waals surface area (Å²) in [6.45, 7) is 5.93. The molecule has 2 fully saturated rings. The van der Waals surface area contributed by atoms with Gasteiger partial charge in [-0.2, -0.15) is 0 Å². The molecule has 1 saturated heterocycles. The number of nitrogens with one attached hydrogen (secondary N) is 2. The van der Waals surface area contributed by atoms with Crippen molar-refractivity contribution in [2.45, 2.75) is 43.9 Å². The maximum absolute atomic E-state index is 12.1. The topological polar surface area (TPSA) is 98.7 Å². The Labute approximate surface area is 111 Å². The number of β-amino-alcohol motifs (C(OH)–C–C–N with tert-alkyl or cyclic N) is 1. The molecule has 6 heteroatoms. The molecule has 2 aliphatic rings. The fourth-order valence-electron chi connectivity index (χ4n) is 2.97. The van der Waals surface area contributed by atoms with Crippen LogP contribution >= 0.6 is 0 Å². The Kier molecular flexibility index (Phi) is 3.40. The number of carbonyl (C=O) groups is 2. The van der Waals surface area contributed by atoms with Crippen LogP contribution in [-0.4, -0.2) is 46.3 Å². The first-order valence-corrected chi connectivity index (χ1v) is 6.51. The van der Waals surface area contributed by atoms with Crippen molar-refractivity contribution < 1.29 is 19.8 Å². The van der Waals surface area contributed by atoms with Gasteiger partial charge in [0, 0.05) is 12.0 Å². The minimum Gasteiger partial charge on any atom is -0.479 e. The smallest absolute Gasteiger partial charge is 0.330 e. The number of carboxylic acid groups (broad SMARTS) is 1. The summed E-state index contributed by atoms with van der Waals surface area (Å²) < 4.78 is 0. The quantitative estimate of drug-likeness (QED) is 0.510. The number of rotatable bonds is 5. The zero-order valence-corrected chi connectivity index (χ0v) is 11.0. The zero-order chi connectivity index (χ0) is 14.3. The summed E-state index contributed by atoms with van der Waals surface area (Å²) >= 11 is 0. The van der Waals surface area contributed by atoms with Crippen LogP contribution in [-0.2, 0) is 9.59 Å². The summed E-state index contributed by atoms with van der Waals surface area (Å²) in [5.74, 6) is -1.39. The molecule has 0 bridgehead atoms. The van der Waals surface area contributed by atoms with Crippen LogP contribution < -0.4 is 10.6 Å². The van der Waals surface area contributed by atoms with Crippen LogP contribution in [0.15, 0.2) is 12.7 Å². The van der Waals surface area contributed by atoms with Gasteiger partial charge >= 0.3 is 5.97 Å². The van der Waals surface area contributed by atoms with Crippen LogP contribution in [0, 0.1) is 5.41 Å². The summed E-state index contributed by atoms with van der Waals surface area (Å²) in [7, 11) is 0. The minimum absolute atomic E-state index is 0.314. The number of aliphatic carboxylic acids is 1. The zero-order valence-electron chi connectivity index (χ0n) is 11.0. The van der Waals surface area contributed by atoms with E-state index in [1.165, 1.54) is 0 Å². The highest BCUT2D eigenvalue weighted by Crippen LogP contribution is 2.59. The molecule has 0 aromatic carbocycles. The van der Waals surface area contributed by atoms with Gasteiger partial charge in [0.05, 0.1) is 12.1 Å². The number of aliphatic hydroxyl groups excluding tert-OH is 1. The fraction of sp³-hybridized carbons (Fsp3) is 0.692. The number of carboxylic acids is 1. The second-order valence-corrected chi connectivity index (χ2v) is 5.44. The van der Waals surface area contributed by atoms with Gasteiger partial charge in [-0.3, -0.25) is 4.79 Å². The molecule has 0 spiro atoms. The lowest BCUT2D eigenvalue weighted by Crippen LogP contribution is -2.52. The van der Waals surface area contributed by atoms with E-state index in [9.17, 15) is 19.8 Å². The minimum atomic E-state index is -1.24. The number of amides is 1. The predicted octanol–water partition coefficient (Wildman–Crippen LogP) is -0.365. The van der Waals surface area contributed by atoms with E-state index in [1.807, 2.05) is 6.92 Å². The van der Waals surface area contributed by atoms with Crippen molar-refractivity contribution in [1.29, 1.82) is 0 Å². The molecule has 1 heterocycles. The van der Waals surface area contributed by atoms with Gasteiger partial charge in [0.15, 0.2) is 0 Å². The highest BCUT2D eigenvalue weighted by molar-refractivity contribution is 5.93. The van der Waals surface area contributed by atoms with Crippen LogP contribution in [0.2, 0.25) is 0 Å². The monoisotopic (exact) mass is 268 g/mol. The second-order valence-electron chi connectivity index (χ2n) is 5.44. The van der Waals surface area contributed by atoms with Crippen LogP contribution in [0.4, 0.5) is 0 Å². The van der Waals surface area contributed by atoms with Gasteiger partial charge in [0.25, 0.3) is 0 Å². The van der Waals surface area contributed by atoms with Gasteiger partial charge < -0.3 is 20.8 Å². The molecule has 0 radical (unpaired) electrons. The molecule has 106 valence electrons. The molecule has 1 aliphatic heterocycles. The largest absolute Gasteiger partial charge is 0.479 e. The Morgan fingerprint density at radius 1 is 1.58 bits per heavy atom. The lowest BCUT2D eigenvalue weighted by atomic mass is 9.96. The molecule has 4 atom stereocenters. The van der Waals surface area contributed by atoms with Gasteiger partial charge in [0.1, 0.15) is 5.54 Å². The number of carbonyl (C=O) groups excluding carboxylic acids is 1. The Morgan fingerprint density at radius 3 is 2.63 bits per heavy atom. The first kappa shape index (κ1) is 14.0. The lowest BCUT2D eigenvalue weighted by molar-refractivity contribution is -0.144. The summed E-state index contributed by atoms with van der Waals surface area (Å²) in [5.41, 5.74) is -1.80. The molecule has 0 aromatic heterocycles. The second kappa shape index (κ2) is 4.61. The first-order chi connectivity index (χ1) is 8.90. The highest BCUT2D eigenvalue weighted by atomic mass is 16.4. The molecule has 4 N–H and O–H groups in total. The Hall–Kier alpha value is -1.40. The van der Waals surface area contributed by atoms with Gasteiger partial charge in [-0.15, -0.1) is 6.58 Å². The van der Waals surface area contributed by atoms with Crippen molar-refractivity contribution in [2.24, 2.45) is 5.41 Å². The van der Waals surface area contributed by atoms with Crippen LogP contribution in [0.5, 0.6) is 0 Å². The van der Waals surface area contributed by atoms with Crippen LogP contribution in [0.3, 0.4) is 0 Å². The van der Waals surface area contributed by atoms with Crippen molar-refractivity contribution in [3.8, 4) is 0 Å². The Balaban J connectivity index is 2.10. The molecule has 19 heavy (non-hydrogen) atoms. The first-order valence-electron chi connectivity index (χ1n) is 6.51. The summed E-state index contributed by atoms with van der Waals surface area (Å²) in [6.07, 6.45) is 2.37. The van der Waals surface area contributed by atoms with E-state index in [2.05, 4.69) is 17.2 Å². The molecule has 6 nitrogen and oxygen atoms in total. The maximum Gasteiger partial charge on any atom is 0.330 e. The number of hydrogen-bond donors (Lipinski definition) is 4. The Bertz CT molecular complexity index is 425. The molecule has 2 rings (SSSR count). The third-order valence-corrected chi connectivity index (χ3v) is 4.45. The van der Waals surface area contributed by atoms with E-state index in [0.29, 0.717) is 25.8 Å². The van der Waals surface area contributed by atoms with Gasteiger partial charge in [0.2, 0.25) is 5.91 Å². The van der Waals surface area contributed by atoms with Crippen LogP contribution in [0.25, 0.3) is 0 Å². The molecular weight excluding hydrogens is 248 g/mol. The van der Waals surface area contributed by atoms with E-state index in [1.54, 1.807) is 6.08 Å². The third kappa shape index (κ3) is 2.04. The van der Waals surface area contributed by atoms with Crippen molar-refractivity contribution in [3.05, 3.63) is 12.7 Å². The number of hydrogen-bond acceptors (Lipinski definition) is 4. The van der Waals surface area contributed by atoms with E-state index in [4.69, 9.17) is 0 Å². The van der Waals surface area contributed by atoms with Crippen LogP contribution in [0.1, 0.15) is 26.2 Å². The molecule has 0 unspecified atom stereocenters. The van der Waals surface area contributed by atoms with Gasteiger partial charge in [-0.1, -0.05) is 13.0 Å². The SMILES string of the molecule is C=C[C@]1(CC)C[C@]1(NC(=O)[C@@H]1C[C@@H](O)CN1)C(=O)O. The lowest BCUT2D eigenvalue weighted by Gasteiger charge is -2.22. The predicted molar refractivity (Wildman–Crippen MR) is 68.5 cm³/mol. The van der Waals surface area contributed by atoms with E-state index >= 15 is 0 Å². The average Bonchev–Trinajstić information content (AvgIpc) is 2.83. The van der Waals surface area contributed by atoms with Gasteiger partial charge in [-0.25, -0.2) is 4.79 Å². The summed E-state index contributed by atoms with van der Waals surface area (Å²) in [6, 6.07) is -0.522. The normalized spacial score (nSPS) is 40.7. The van der Waals surface area contributed by atoms with Crippen molar-refractivity contribution in [1.82, 2.24) is 10.6 Å². The molecular formula is C13H20N2O4. The molecule has 1 saturated carbocycles. The van der Waals surface area contributed by atoms with Crippen molar-refractivity contribution in [2.75, 3.05) is 6.54 Å². The Morgan fingerprint density at radius 2 is 2.26 bits per heavy atom. The molecule has 1 aliphatic carbocycles. The van der Waals surface area contributed by atoms with E-state index < -0.39 is 29.1 Å². The fourth-order valence-corrected chi connectivity index (χ4v) is 2.97. The highest BCUT2D eigenvalue weighted by Gasteiger charge is 2.71. The average molecular weight is 268 g/mol. The standard InChI is InChI=1S/C13H20N2O4/c1-3-12(4-2)7-13(12,11(18)19)15-10(17)9-5-8(16)6-14-9/h3,8-9,14,16H,1,4-7H2,2H3,(H,15,17)(H,18,19)/t8-,9+,12+,13+/m1/s1. The summed E-state index contributed by atoms with van der Waals surface area (Å²) in [5, 5.41) is 24.3. The van der Waals surface area contributed by atoms with E-state index in [-0.39, 0.29) is 5.91 Å². The maximum atomic E-state index is 12.1. The van der Waals surface area contributed by atoms with Crippen molar-refractivity contribution in [3.63, 3.8) is 0 Å².